The summed E-state index contributed by atoms with van der Waals surface area (Å²) in [6, 6.07) is 0. The van der Waals surface area contributed by atoms with E-state index >= 15 is 0 Å². The van der Waals surface area contributed by atoms with Crippen LogP contribution in [0.15, 0.2) is 0 Å². The summed E-state index contributed by atoms with van der Waals surface area (Å²) in [4.78, 5) is 20.0. The molecule has 10 N–H and O–H groups in total. The van der Waals surface area contributed by atoms with Crippen molar-refractivity contribution in [2.75, 3.05) is 19.8 Å². The number of rotatable bonds is 11. The number of phosphoric acid groups is 2. The van der Waals surface area contributed by atoms with E-state index in [0.717, 1.165) is 0 Å². The fourth-order valence-corrected chi connectivity index (χ4v) is 5.60. The van der Waals surface area contributed by atoms with Crippen LogP contribution in [0, 0.1) is 0 Å². The van der Waals surface area contributed by atoms with E-state index in [1.807, 2.05) is 0 Å². The maximum absolute atomic E-state index is 12.3. The fraction of sp³-hybridized carbons (Fsp3) is 1.00. The number of hydrogen-bond acceptors (Lipinski definition) is 14. The SMILES string of the molecule is N[C@@H]1C[C@@H](O)[C@H](COP(=O)(O)O[C@@H]2C[C@H](N)O[C@@H]2COP(=O)(O)O[C@@H]2C[C@H](N)O[C@@H]2CO)O1. The van der Waals surface area contributed by atoms with Crippen LogP contribution in [0.4, 0.5) is 0 Å². The van der Waals surface area contributed by atoms with Crippen LogP contribution in [0.25, 0.3) is 0 Å². The van der Waals surface area contributed by atoms with Gasteiger partial charge in [-0.05, 0) is 0 Å². The third-order valence-corrected chi connectivity index (χ3v) is 7.26. The van der Waals surface area contributed by atoms with Gasteiger partial charge in [0.05, 0.1) is 25.9 Å². The van der Waals surface area contributed by atoms with Gasteiger partial charge >= 0.3 is 15.6 Å². The quantitative estimate of drug-likeness (QED) is 0.139. The first-order valence-corrected chi connectivity index (χ1v) is 13.2. The Hall–Kier alpha value is -0.100. The lowest BCUT2D eigenvalue weighted by molar-refractivity contribution is -0.0431. The Morgan fingerprint density at radius 1 is 0.758 bits per heavy atom. The molecule has 0 aromatic heterocycles. The van der Waals surface area contributed by atoms with Gasteiger partial charge in [0, 0.05) is 19.3 Å². The van der Waals surface area contributed by atoms with Crippen LogP contribution >= 0.6 is 15.6 Å². The molecular weight excluding hydrogens is 492 g/mol. The second kappa shape index (κ2) is 11.3. The van der Waals surface area contributed by atoms with E-state index in [9.17, 15) is 29.1 Å². The Morgan fingerprint density at radius 2 is 1.18 bits per heavy atom. The zero-order valence-electron chi connectivity index (χ0n) is 17.5. The van der Waals surface area contributed by atoms with E-state index in [0.29, 0.717) is 0 Å². The molecule has 3 fully saturated rings. The summed E-state index contributed by atoms with van der Waals surface area (Å²) in [6.45, 7) is -1.51. The number of hydrogen-bond donors (Lipinski definition) is 7. The molecular formula is C15H31N3O13P2. The predicted octanol–water partition coefficient (Wildman–Crippen LogP) is -2.43. The second-order valence-corrected chi connectivity index (χ2v) is 10.7. The maximum atomic E-state index is 12.3. The third kappa shape index (κ3) is 7.95. The van der Waals surface area contributed by atoms with Gasteiger partial charge in [-0.15, -0.1) is 0 Å². The van der Waals surface area contributed by atoms with Crippen LogP contribution < -0.4 is 17.2 Å². The lowest BCUT2D eigenvalue weighted by Crippen LogP contribution is -2.31. The Morgan fingerprint density at radius 3 is 1.67 bits per heavy atom. The zero-order valence-corrected chi connectivity index (χ0v) is 19.3. The van der Waals surface area contributed by atoms with Crippen molar-refractivity contribution < 1.29 is 61.4 Å². The van der Waals surface area contributed by atoms with Gasteiger partial charge in [-0.3, -0.25) is 18.1 Å². The largest absolute Gasteiger partial charge is 0.472 e. The first kappa shape index (κ1) is 27.5. The molecule has 16 nitrogen and oxygen atoms in total. The number of aliphatic hydroxyl groups excluding tert-OH is 2. The first-order valence-electron chi connectivity index (χ1n) is 10.2. The van der Waals surface area contributed by atoms with Gasteiger partial charge in [0.2, 0.25) is 0 Å². The Kier molecular flexibility index (Phi) is 9.42. The van der Waals surface area contributed by atoms with E-state index in [4.69, 9.17) is 49.5 Å². The summed E-state index contributed by atoms with van der Waals surface area (Å²) in [5.74, 6) is 0. The van der Waals surface area contributed by atoms with Crippen molar-refractivity contribution in [2.24, 2.45) is 17.2 Å². The lowest BCUT2D eigenvalue weighted by Gasteiger charge is -2.24. The molecule has 0 bridgehead atoms. The highest BCUT2D eigenvalue weighted by molar-refractivity contribution is 7.47. The average Bonchev–Trinajstić information content (AvgIpc) is 3.33. The van der Waals surface area contributed by atoms with E-state index in [-0.39, 0.29) is 19.3 Å². The smallest absolute Gasteiger partial charge is 0.394 e. The first-order chi connectivity index (χ1) is 15.4. The molecule has 0 aliphatic carbocycles. The van der Waals surface area contributed by atoms with Crippen LogP contribution in [-0.2, 0) is 41.4 Å². The summed E-state index contributed by atoms with van der Waals surface area (Å²) < 4.78 is 60.2. The highest BCUT2D eigenvalue weighted by atomic mass is 31.2. The summed E-state index contributed by atoms with van der Waals surface area (Å²) in [5.41, 5.74) is 16.8. The number of aliphatic hydroxyl groups is 2. The molecule has 0 spiro atoms. The Bertz CT molecular complexity index is 750. The monoisotopic (exact) mass is 523 g/mol. The van der Waals surface area contributed by atoms with Gasteiger partial charge in [-0.25, -0.2) is 9.13 Å². The van der Waals surface area contributed by atoms with Crippen LogP contribution in [0.2, 0.25) is 0 Å². The van der Waals surface area contributed by atoms with Gasteiger partial charge in [0.1, 0.15) is 49.2 Å². The molecule has 194 valence electrons. The number of nitrogens with two attached hydrogens (primary N) is 3. The minimum absolute atomic E-state index is 0.0378. The van der Waals surface area contributed by atoms with Crippen molar-refractivity contribution in [2.45, 2.75) is 74.6 Å². The summed E-state index contributed by atoms with van der Waals surface area (Å²) >= 11 is 0. The molecule has 3 aliphatic heterocycles. The van der Waals surface area contributed by atoms with Gasteiger partial charge in [0.25, 0.3) is 0 Å². The van der Waals surface area contributed by atoms with Crippen molar-refractivity contribution in [1.82, 2.24) is 0 Å². The van der Waals surface area contributed by atoms with Gasteiger partial charge in [0.15, 0.2) is 0 Å². The number of phosphoric ester groups is 2. The normalized spacial score (nSPS) is 42.9. The minimum Gasteiger partial charge on any atom is -0.394 e. The average molecular weight is 523 g/mol. The lowest BCUT2D eigenvalue weighted by atomic mass is 10.2. The summed E-state index contributed by atoms with van der Waals surface area (Å²) in [5, 5.41) is 19.0. The molecule has 3 rings (SSSR count). The molecule has 3 heterocycles. The highest BCUT2D eigenvalue weighted by Gasteiger charge is 2.44. The molecule has 18 heteroatoms. The molecule has 0 amide bonds. The standard InChI is InChI=1S/C15H31N3O13P2/c16-13-1-7(20)11(28-13)5-25-32(21,22)31-9-3-15(18)29-12(9)6-26-33(23,24)30-8-2-14(17)27-10(8)4-19/h7-15,19-20H,1-6,16-18H2,(H,21,22)(H,23,24)/t7-,8-,9-,10-,11+,12-,13+,14-,15-/m1/s1. The van der Waals surface area contributed by atoms with Crippen LogP contribution in [-0.4, -0.2) is 95.1 Å². The topological polar surface area (TPSA) is 258 Å². The molecule has 0 aromatic rings. The highest BCUT2D eigenvalue weighted by Crippen LogP contribution is 2.50. The van der Waals surface area contributed by atoms with Crippen molar-refractivity contribution in [3.05, 3.63) is 0 Å². The molecule has 0 aromatic carbocycles. The predicted molar refractivity (Wildman–Crippen MR) is 107 cm³/mol. The minimum atomic E-state index is -4.66. The van der Waals surface area contributed by atoms with Crippen molar-refractivity contribution in [3.8, 4) is 0 Å². The molecule has 3 saturated heterocycles. The Labute approximate surface area is 189 Å². The molecule has 11 atom stereocenters. The second-order valence-electron chi connectivity index (χ2n) is 7.91. The van der Waals surface area contributed by atoms with Gasteiger partial charge in [-0.2, -0.15) is 0 Å². The van der Waals surface area contributed by atoms with Crippen molar-refractivity contribution >= 4 is 15.6 Å². The van der Waals surface area contributed by atoms with E-state index in [1.165, 1.54) is 0 Å². The third-order valence-electron chi connectivity index (χ3n) is 5.23. The van der Waals surface area contributed by atoms with Crippen LogP contribution in [0.3, 0.4) is 0 Å². The Balaban J connectivity index is 1.50. The molecule has 2 unspecified atom stereocenters. The number of ether oxygens (including phenoxy) is 3. The molecule has 0 radical (unpaired) electrons. The summed E-state index contributed by atoms with van der Waals surface area (Å²) in [6.07, 6.45) is -8.20. The van der Waals surface area contributed by atoms with Crippen LogP contribution in [0.1, 0.15) is 19.3 Å². The van der Waals surface area contributed by atoms with E-state index in [2.05, 4.69) is 0 Å². The maximum Gasteiger partial charge on any atom is 0.472 e. The zero-order chi connectivity index (χ0) is 24.4. The summed E-state index contributed by atoms with van der Waals surface area (Å²) in [7, 11) is -9.31. The van der Waals surface area contributed by atoms with Gasteiger partial charge < -0.3 is 51.4 Å². The van der Waals surface area contributed by atoms with Gasteiger partial charge in [-0.1, -0.05) is 0 Å². The molecule has 3 aliphatic rings. The van der Waals surface area contributed by atoms with E-state index in [1.54, 1.807) is 0 Å². The molecule has 33 heavy (non-hydrogen) atoms. The fourth-order valence-electron chi connectivity index (χ4n) is 3.68. The van der Waals surface area contributed by atoms with Crippen molar-refractivity contribution in [3.63, 3.8) is 0 Å². The van der Waals surface area contributed by atoms with Crippen molar-refractivity contribution in [1.29, 1.82) is 0 Å². The molecule has 0 saturated carbocycles. The van der Waals surface area contributed by atoms with Crippen LogP contribution in [0.5, 0.6) is 0 Å². The van der Waals surface area contributed by atoms with E-state index < -0.39 is 90.8 Å².